The summed E-state index contributed by atoms with van der Waals surface area (Å²) in [5.74, 6) is -0.497. The number of benzene rings is 2. The maximum atomic E-state index is 13.2. The molecule has 1 fully saturated rings. The van der Waals surface area contributed by atoms with Crippen molar-refractivity contribution in [1.29, 1.82) is 0 Å². The summed E-state index contributed by atoms with van der Waals surface area (Å²) in [6, 6.07) is 13.6. The van der Waals surface area contributed by atoms with Crippen LogP contribution in [0.25, 0.3) is 0 Å². The molecule has 0 unspecified atom stereocenters. The number of hydrogen-bond acceptors (Lipinski definition) is 2. The van der Waals surface area contributed by atoms with Gasteiger partial charge in [0.15, 0.2) is 0 Å². The fraction of sp³-hybridized carbons (Fsp3) is 0.391. The van der Waals surface area contributed by atoms with Gasteiger partial charge in [0, 0.05) is 25.7 Å². The molecule has 1 saturated heterocycles. The van der Waals surface area contributed by atoms with E-state index in [1.165, 1.54) is 12.1 Å². The first-order valence-corrected chi connectivity index (χ1v) is 9.75. The fourth-order valence-electron chi connectivity index (χ4n) is 3.69. The first-order valence-electron chi connectivity index (χ1n) is 9.75. The van der Waals surface area contributed by atoms with E-state index in [1.54, 1.807) is 29.0 Å². The zero-order chi connectivity index (χ0) is 20.3. The molecule has 2 aromatic carbocycles. The summed E-state index contributed by atoms with van der Waals surface area (Å²) < 4.78 is 13.2. The number of piperidine rings is 1. The summed E-state index contributed by atoms with van der Waals surface area (Å²) in [7, 11) is 1.77. The van der Waals surface area contributed by atoms with Gasteiger partial charge in [-0.05, 0) is 56.5 Å². The largest absolute Gasteiger partial charge is 0.339 e. The first-order chi connectivity index (χ1) is 13.4. The lowest BCUT2D eigenvalue weighted by Gasteiger charge is -2.36. The van der Waals surface area contributed by atoms with E-state index in [1.807, 2.05) is 38.1 Å². The molecular weight excluding hydrogens is 355 g/mol. The van der Waals surface area contributed by atoms with Crippen molar-refractivity contribution in [3.05, 3.63) is 71.0 Å². The molecule has 0 N–H and O–H groups in total. The molecule has 5 heteroatoms. The quantitative estimate of drug-likeness (QED) is 0.795. The van der Waals surface area contributed by atoms with Crippen LogP contribution in [0.4, 0.5) is 4.39 Å². The van der Waals surface area contributed by atoms with Crippen LogP contribution in [0.5, 0.6) is 0 Å². The maximum absolute atomic E-state index is 13.2. The van der Waals surface area contributed by atoms with Crippen molar-refractivity contribution in [2.75, 3.05) is 20.1 Å². The highest BCUT2D eigenvalue weighted by Gasteiger charge is 2.32. The summed E-state index contributed by atoms with van der Waals surface area (Å²) in [5.41, 5.74) is 2.66. The normalized spacial score (nSPS) is 17.9. The summed E-state index contributed by atoms with van der Waals surface area (Å²) in [6.45, 7) is 5.03. The molecule has 2 atom stereocenters. The molecule has 2 aromatic rings. The van der Waals surface area contributed by atoms with Gasteiger partial charge >= 0.3 is 0 Å². The minimum Gasteiger partial charge on any atom is -0.339 e. The monoisotopic (exact) mass is 382 g/mol. The lowest BCUT2D eigenvalue weighted by molar-refractivity contribution is -0.137. The molecule has 0 aliphatic carbocycles. The minimum absolute atomic E-state index is 0.0215. The van der Waals surface area contributed by atoms with Crippen LogP contribution in [0.2, 0.25) is 0 Å². The Morgan fingerprint density at radius 1 is 1.11 bits per heavy atom. The molecule has 0 saturated carbocycles. The second kappa shape index (κ2) is 8.55. The van der Waals surface area contributed by atoms with E-state index in [2.05, 4.69) is 0 Å². The SMILES string of the molecule is Cc1ccc(C(=O)N2CCC[C@H](C(=O)N(C)[C@H](C)c3ccc(F)cc3)C2)cc1. The Balaban J connectivity index is 1.67. The van der Waals surface area contributed by atoms with Crippen molar-refractivity contribution in [3.63, 3.8) is 0 Å². The van der Waals surface area contributed by atoms with Crippen molar-refractivity contribution in [1.82, 2.24) is 9.80 Å². The van der Waals surface area contributed by atoms with Gasteiger partial charge in [0.2, 0.25) is 5.91 Å². The lowest BCUT2D eigenvalue weighted by Crippen LogP contribution is -2.46. The molecule has 2 amide bonds. The van der Waals surface area contributed by atoms with Crippen LogP contribution >= 0.6 is 0 Å². The molecule has 4 nitrogen and oxygen atoms in total. The Labute approximate surface area is 166 Å². The third kappa shape index (κ3) is 4.41. The van der Waals surface area contributed by atoms with Gasteiger partial charge in [-0.25, -0.2) is 4.39 Å². The number of carbonyl (C=O) groups is 2. The topological polar surface area (TPSA) is 40.6 Å². The molecule has 1 aliphatic rings. The predicted octanol–water partition coefficient (Wildman–Crippen LogP) is 4.21. The average Bonchev–Trinajstić information content (AvgIpc) is 2.73. The van der Waals surface area contributed by atoms with E-state index >= 15 is 0 Å². The number of carbonyl (C=O) groups excluding carboxylic acids is 2. The molecule has 0 radical (unpaired) electrons. The number of nitrogens with zero attached hydrogens (tertiary/aromatic N) is 2. The number of likely N-dealkylation sites (tertiary alicyclic amines) is 1. The fourth-order valence-corrected chi connectivity index (χ4v) is 3.69. The Bertz CT molecular complexity index is 833. The molecule has 0 aromatic heterocycles. The number of halogens is 1. The summed E-state index contributed by atoms with van der Waals surface area (Å²) in [6.07, 6.45) is 1.59. The van der Waals surface area contributed by atoms with Crippen LogP contribution in [0.1, 0.15) is 47.3 Å². The van der Waals surface area contributed by atoms with E-state index in [-0.39, 0.29) is 29.6 Å². The Kier molecular flexibility index (Phi) is 6.12. The highest BCUT2D eigenvalue weighted by atomic mass is 19.1. The number of hydrogen-bond donors (Lipinski definition) is 0. The average molecular weight is 382 g/mol. The predicted molar refractivity (Wildman–Crippen MR) is 107 cm³/mol. The van der Waals surface area contributed by atoms with E-state index in [9.17, 15) is 14.0 Å². The van der Waals surface area contributed by atoms with Crippen LogP contribution in [-0.4, -0.2) is 41.8 Å². The van der Waals surface area contributed by atoms with Gasteiger partial charge in [-0.15, -0.1) is 0 Å². The van der Waals surface area contributed by atoms with Crippen LogP contribution in [0.3, 0.4) is 0 Å². The molecule has 148 valence electrons. The lowest BCUT2D eigenvalue weighted by atomic mass is 9.94. The van der Waals surface area contributed by atoms with E-state index in [4.69, 9.17) is 0 Å². The van der Waals surface area contributed by atoms with E-state index in [0.29, 0.717) is 18.7 Å². The molecule has 28 heavy (non-hydrogen) atoms. The smallest absolute Gasteiger partial charge is 0.253 e. The Morgan fingerprint density at radius 3 is 2.39 bits per heavy atom. The van der Waals surface area contributed by atoms with Crippen molar-refractivity contribution in [2.45, 2.75) is 32.7 Å². The standard InChI is InChI=1S/C23H27FN2O2/c1-16-6-8-19(9-7-16)23(28)26-14-4-5-20(15-26)22(27)25(3)17(2)18-10-12-21(24)13-11-18/h6-13,17,20H,4-5,14-15H2,1-3H3/t17-,20+/m1/s1. The van der Waals surface area contributed by atoms with Crippen molar-refractivity contribution in [3.8, 4) is 0 Å². The van der Waals surface area contributed by atoms with Gasteiger partial charge < -0.3 is 9.80 Å². The van der Waals surface area contributed by atoms with Gasteiger partial charge in [-0.2, -0.15) is 0 Å². The highest BCUT2D eigenvalue weighted by molar-refractivity contribution is 5.94. The minimum atomic E-state index is -0.289. The number of amides is 2. The van der Waals surface area contributed by atoms with Crippen LogP contribution in [-0.2, 0) is 4.79 Å². The summed E-state index contributed by atoms with van der Waals surface area (Å²) in [5, 5.41) is 0. The highest BCUT2D eigenvalue weighted by Crippen LogP contribution is 2.25. The molecule has 1 aliphatic heterocycles. The second-order valence-electron chi connectivity index (χ2n) is 7.63. The Hall–Kier alpha value is -2.69. The van der Waals surface area contributed by atoms with Crippen LogP contribution < -0.4 is 0 Å². The van der Waals surface area contributed by atoms with Crippen LogP contribution in [0.15, 0.2) is 48.5 Å². The van der Waals surface area contributed by atoms with Crippen molar-refractivity contribution >= 4 is 11.8 Å². The van der Waals surface area contributed by atoms with Gasteiger partial charge in [0.1, 0.15) is 5.82 Å². The third-order valence-corrected chi connectivity index (χ3v) is 5.64. The zero-order valence-electron chi connectivity index (χ0n) is 16.7. The number of aryl methyl sites for hydroxylation is 1. The van der Waals surface area contributed by atoms with E-state index < -0.39 is 0 Å². The molecule has 0 bridgehead atoms. The third-order valence-electron chi connectivity index (χ3n) is 5.64. The zero-order valence-corrected chi connectivity index (χ0v) is 16.7. The number of rotatable bonds is 4. The van der Waals surface area contributed by atoms with Gasteiger partial charge in [-0.1, -0.05) is 29.8 Å². The molecule has 3 rings (SSSR count). The maximum Gasteiger partial charge on any atom is 0.253 e. The summed E-state index contributed by atoms with van der Waals surface area (Å²) >= 11 is 0. The van der Waals surface area contributed by atoms with Gasteiger partial charge in [0.05, 0.1) is 12.0 Å². The molecular formula is C23H27FN2O2. The van der Waals surface area contributed by atoms with Gasteiger partial charge in [-0.3, -0.25) is 9.59 Å². The first kappa shape index (κ1) is 20.1. The van der Waals surface area contributed by atoms with Crippen molar-refractivity contribution < 1.29 is 14.0 Å². The van der Waals surface area contributed by atoms with E-state index in [0.717, 1.165) is 24.0 Å². The van der Waals surface area contributed by atoms with Gasteiger partial charge in [0.25, 0.3) is 5.91 Å². The summed E-state index contributed by atoms with van der Waals surface area (Å²) in [4.78, 5) is 29.3. The van der Waals surface area contributed by atoms with Crippen molar-refractivity contribution in [2.24, 2.45) is 5.92 Å². The molecule has 0 spiro atoms. The Morgan fingerprint density at radius 2 is 1.75 bits per heavy atom. The van der Waals surface area contributed by atoms with Crippen LogP contribution in [0, 0.1) is 18.7 Å². The molecule has 1 heterocycles. The second-order valence-corrected chi connectivity index (χ2v) is 7.63.